The van der Waals surface area contributed by atoms with Crippen LogP contribution in [0.1, 0.15) is 11.3 Å². The number of nitrogens with one attached hydrogen (secondary N) is 1. The van der Waals surface area contributed by atoms with Gasteiger partial charge in [0, 0.05) is 37.9 Å². The Bertz CT molecular complexity index is 666. The summed E-state index contributed by atoms with van der Waals surface area (Å²) in [6.45, 7) is 4.72. The number of nitrogens with zero attached hydrogens (tertiary/aromatic N) is 3. The number of aryl methyl sites for hydroxylation is 1. The topological polar surface area (TPSA) is 49.6 Å². The lowest BCUT2D eigenvalue weighted by atomic mass is 10.1. The summed E-state index contributed by atoms with van der Waals surface area (Å²) in [5.41, 5.74) is 2.60. The van der Waals surface area contributed by atoms with Crippen molar-refractivity contribution in [1.29, 1.82) is 0 Å². The minimum absolute atomic E-state index is 0. The Balaban J connectivity index is 0.00000147. The van der Waals surface area contributed by atoms with Gasteiger partial charge in [-0.2, -0.15) is 0 Å². The number of aromatic nitrogens is 2. The molecule has 108 valence electrons. The number of fused-ring (bicyclic) bond motifs is 1. The SMILES string of the molecule is Cc1ccc2nc(CN(C)C3CNC3)cc(=O)n2c1.Cl. The second kappa shape index (κ2) is 5.91. The van der Waals surface area contributed by atoms with Gasteiger partial charge in [0.1, 0.15) is 5.65 Å². The highest BCUT2D eigenvalue weighted by atomic mass is 35.5. The van der Waals surface area contributed by atoms with E-state index in [1.165, 1.54) is 0 Å². The van der Waals surface area contributed by atoms with Gasteiger partial charge >= 0.3 is 0 Å². The quantitative estimate of drug-likeness (QED) is 0.911. The minimum Gasteiger partial charge on any atom is -0.314 e. The number of rotatable bonds is 3. The van der Waals surface area contributed by atoms with Crippen molar-refractivity contribution in [3.8, 4) is 0 Å². The molecular weight excluding hydrogens is 276 g/mol. The lowest BCUT2D eigenvalue weighted by Crippen LogP contribution is -2.55. The van der Waals surface area contributed by atoms with Crippen LogP contribution in [0.4, 0.5) is 0 Å². The summed E-state index contributed by atoms with van der Waals surface area (Å²) >= 11 is 0. The molecule has 20 heavy (non-hydrogen) atoms. The second-order valence-electron chi connectivity index (χ2n) is 5.25. The van der Waals surface area contributed by atoms with Gasteiger partial charge in [-0.1, -0.05) is 6.07 Å². The Morgan fingerprint density at radius 2 is 2.20 bits per heavy atom. The Hall–Kier alpha value is -1.43. The fourth-order valence-corrected chi connectivity index (χ4v) is 2.31. The van der Waals surface area contributed by atoms with E-state index < -0.39 is 0 Å². The summed E-state index contributed by atoms with van der Waals surface area (Å²) in [5, 5.41) is 3.25. The average Bonchev–Trinajstić information content (AvgIpc) is 2.28. The van der Waals surface area contributed by atoms with Gasteiger partial charge in [-0.15, -0.1) is 12.4 Å². The van der Waals surface area contributed by atoms with Crippen LogP contribution < -0.4 is 10.9 Å². The van der Waals surface area contributed by atoms with Gasteiger partial charge in [0.15, 0.2) is 0 Å². The van der Waals surface area contributed by atoms with E-state index >= 15 is 0 Å². The van der Waals surface area contributed by atoms with Crippen molar-refractivity contribution in [2.75, 3.05) is 20.1 Å². The molecule has 0 saturated carbocycles. The molecule has 0 aliphatic carbocycles. The van der Waals surface area contributed by atoms with E-state index in [0.29, 0.717) is 18.2 Å². The van der Waals surface area contributed by atoms with E-state index in [1.807, 2.05) is 25.3 Å². The third kappa shape index (κ3) is 2.85. The van der Waals surface area contributed by atoms with Crippen molar-refractivity contribution in [3.63, 3.8) is 0 Å². The monoisotopic (exact) mass is 294 g/mol. The Morgan fingerprint density at radius 3 is 2.85 bits per heavy atom. The molecule has 2 aromatic heterocycles. The van der Waals surface area contributed by atoms with Crippen molar-refractivity contribution < 1.29 is 0 Å². The number of halogens is 1. The van der Waals surface area contributed by atoms with E-state index in [-0.39, 0.29) is 18.0 Å². The van der Waals surface area contributed by atoms with Gasteiger partial charge in [0.25, 0.3) is 5.56 Å². The molecule has 0 amide bonds. The summed E-state index contributed by atoms with van der Waals surface area (Å²) in [6, 6.07) is 6.06. The lowest BCUT2D eigenvalue weighted by molar-refractivity contribution is 0.171. The maximum absolute atomic E-state index is 12.1. The van der Waals surface area contributed by atoms with E-state index in [9.17, 15) is 4.79 Å². The predicted octanol–water partition coefficient (Wildman–Crippen LogP) is 0.828. The van der Waals surface area contributed by atoms with Crippen molar-refractivity contribution in [2.45, 2.75) is 19.5 Å². The lowest BCUT2D eigenvalue weighted by Gasteiger charge is -2.35. The highest BCUT2D eigenvalue weighted by Crippen LogP contribution is 2.08. The van der Waals surface area contributed by atoms with Crippen molar-refractivity contribution >= 4 is 18.1 Å². The van der Waals surface area contributed by atoms with Crippen LogP contribution in [0.15, 0.2) is 29.2 Å². The number of likely N-dealkylation sites (N-methyl/N-ethyl adjacent to an activating group) is 1. The van der Waals surface area contributed by atoms with Gasteiger partial charge in [0.2, 0.25) is 0 Å². The molecule has 1 aliphatic rings. The molecule has 0 unspecified atom stereocenters. The molecule has 5 nitrogen and oxygen atoms in total. The molecule has 1 aliphatic heterocycles. The molecule has 0 aromatic carbocycles. The first-order valence-corrected chi connectivity index (χ1v) is 6.53. The summed E-state index contributed by atoms with van der Waals surface area (Å²) < 4.78 is 1.60. The van der Waals surface area contributed by atoms with Crippen LogP contribution in [-0.2, 0) is 6.54 Å². The molecule has 1 fully saturated rings. The van der Waals surface area contributed by atoms with Crippen LogP contribution in [-0.4, -0.2) is 40.5 Å². The average molecular weight is 295 g/mol. The van der Waals surface area contributed by atoms with E-state index in [4.69, 9.17) is 0 Å². The molecule has 0 atom stereocenters. The van der Waals surface area contributed by atoms with Crippen LogP contribution in [0.2, 0.25) is 0 Å². The van der Waals surface area contributed by atoms with E-state index in [1.54, 1.807) is 10.5 Å². The maximum Gasteiger partial charge on any atom is 0.258 e. The zero-order chi connectivity index (χ0) is 13.4. The first-order valence-electron chi connectivity index (χ1n) is 6.53. The van der Waals surface area contributed by atoms with Crippen molar-refractivity contribution in [3.05, 3.63) is 46.0 Å². The Kier molecular flexibility index (Phi) is 4.42. The van der Waals surface area contributed by atoms with Gasteiger partial charge in [-0.05, 0) is 25.6 Å². The normalized spacial score (nSPS) is 15.2. The molecule has 0 bridgehead atoms. The highest BCUT2D eigenvalue weighted by molar-refractivity contribution is 5.85. The van der Waals surface area contributed by atoms with E-state index in [0.717, 1.165) is 24.3 Å². The molecule has 2 aromatic rings. The zero-order valence-electron chi connectivity index (χ0n) is 11.7. The fourth-order valence-electron chi connectivity index (χ4n) is 2.31. The molecule has 0 spiro atoms. The molecule has 6 heteroatoms. The fraction of sp³-hybridized carbons (Fsp3) is 0.429. The van der Waals surface area contributed by atoms with Crippen molar-refractivity contribution in [2.24, 2.45) is 0 Å². The Morgan fingerprint density at radius 1 is 1.45 bits per heavy atom. The molecule has 3 heterocycles. The standard InChI is InChI=1S/C14H18N4O.ClH/c1-10-3-4-13-16-11(5-14(19)18(13)8-10)9-17(2)12-6-15-7-12;/h3-5,8,12,15H,6-7,9H2,1-2H3;1H. The third-order valence-corrected chi connectivity index (χ3v) is 3.66. The third-order valence-electron chi connectivity index (χ3n) is 3.66. The van der Waals surface area contributed by atoms with Gasteiger partial charge in [0.05, 0.1) is 5.69 Å². The summed E-state index contributed by atoms with van der Waals surface area (Å²) in [5.74, 6) is 0. The molecule has 1 N–H and O–H groups in total. The maximum atomic E-state index is 12.1. The first kappa shape index (κ1) is 15.0. The summed E-state index contributed by atoms with van der Waals surface area (Å²) in [4.78, 5) is 18.9. The van der Waals surface area contributed by atoms with Crippen molar-refractivity contribution in [1.82, 2.24) is 19.6 Å². The molecule has 3 rings (SSSR count). The first-order chi connectivity index (χ1) is 9.13. The zero-order valence-corrected chi connectivity index (χ0v) is 12.5. The van der Waals surface area contributed by atoms with Crippen LogP contribution in [0.5, 0.6) is 0 Å². The van der Waals surface area contributed by atoms with E-state index in [2.05, 4.69) is 22.2 Å². The van der Waals surface area contributed by atoms with Crippen LogP contribution in [0, 0.1) is 6.92 Å². The number of hydrogen-bond acceptors (Lipinski definition) is 4. The number of hydrogen-bond donors (Lipinski definition) is 1. The Labute approximate surface area is 124 Å². The van der Waals surface area contributed by atoms with Crippen LogP contribution >= 0.6 is 12.4 Å². The smallest absolute Gasteiger partial charge is 0.258 e. The predicted molar refractivity (Wildman–Crippen MR) is 81.6 cm³/mol. The summed E-state index contributed by atoms with van der Waals surface area (Å²) in [7, 11) is 2.07. The van der Waals surface area contributed by atoms with Crippen LogP contribution in [0.25, 0.3) is 5.65 Å². The number of pyridine rings is 1. The van der Waals surface area contributed by atoms with Gasteiger partial charge in [-0.3, -0.25) is 14.1 Å². The van der Waals surface area contributed by atoms with Gasteiger partial charge < -0.3 is 5.32 Å². The summed E-state index contributed by atoms with van der Waals surface area (Å²) in [6.07, 6.45) is 1.83. The molecule has 1 saturated heterocycles. The molecule has 0 radical (unpaired) electrons. The second-order valence-corrected chi connectivity index (χ2v) is 5.25. The molecular formula is C14H19ClN4O. The minimum atomic E-state index is -0.0103. The largest absolute Gasteiger partial charge is 0.314 e. The van der Waals surface area contributed by atoms with Crippen LogP contribution in [0.3, 0.4) is 0 Å². The van der Waals surface area contributed by atoms with Gasteiger partial charge in [-0.25, -0.2) is 4.98 Å². The highest BCUT2D eigenvalue weighted by Gasteiger charge is 2.21.